The molecule has 0 spiro atoms. The molecule has 29 heavy (non-hydrogen) atoms. The molecule has 0 fully saturated rings. The highest BCUT2D eigenvalue weighted by atomic mass is 79.9. The van der Waals surface area contributed by atoms with Crippen LogP contribution in [0.1, 0.15) is 22.1 Å². The lowest BCUT2D eigenvalue weighted by molar-refractivity contribution is -0.139. The van der Waals surface area contributed by atoms with E-state index in [1.807, 2.05) is 36.4 Å². The number of hydrogen-bond donors (Lipinski definition) is 2. The van der Waals surface area contributed by atoms with Crippen molar-refractivity contribution >= 4 is 39.3 Å². The first-order valence-corrected chi connectivity index (χ1v) is 10.6. The number of aliphatic carboxylic acids is 1. The Morgan fingerprint density at radius 2 is 1.76 bits per heavy atom. The number of nitrogens with zero attached hydrogens (tertiary/aromatic N) is 1. The quantitative estimate of drug-likeness (QED) is 0.553. The molecule has 6 nitrogen and oxygen atoms in total. The summed E-state index contributed by atoms with van der Waals surface area (Å²) in [5, 5.41) is 12.5. The summed E-state index contributed by atoms with van der Waals surface area (Å²) in [6.45, 7) is 0.134. The van der Waals surface area contributed by atoms with E-state index in [9.17, 15) is 14.7 Å². The van der Waals surface area contributed by atoms with Crippen LogP contribution in [0, 0.1) is 0 Å². The summed E-state index contributed by atoms with van der Waals surface area (Å²) in [6.07, 6.45) is 0.942. The van der Waals surface area contributed by atoms with Crippen LogP contribution < -0.4 is 5.32 Å². The van der Waals surface area contributed by atoms with Gasteiger partial charge >= 0.3 is 12.1 Å². The van der Waals surface area contributed by atoms with Crippen molar-refractivity contribution in [2.45, 2.75) is 18.4 Å². The molecule has 1 aliphatic carbocycles. The number of rotatable bonds is 6. The van der Waals surface area contributed by atoms with Gasteiger partial charge in [0.05, 0.1) is 15.0 Å². The van der Waals surface area contributed by atoms with Crippen LogP contribution in [0.15, 0.2) is 58.5 Å². The van der Waals surface area contributed by atoms with Crippen LogP contribution in [0.4, 0.5) is 4.79 Å². The van der Waals surface area contributed by atoms with Gasteiger partial charge in [-0.1, -0.05) is 48.5 Å². The normalized spacial score (nSPS) is 13.4. The van der Waals surface area contributed by atoms with Crippen LogP contribution in [0.2, 0.25) is 0 Å². The highest BCUT2D eigenvalue weighted by Crippen LogP contribution is 2.44. The molecule has 1 amide bonds. The Labute approximate surface area is 179 Å². The van der Waals surface area contributed by atoms with E-state index in [4.69, 9.17) is 4.74 Å². The predicted molar refractivity (Wildman–Crippen MR) is 113 cm³/mol. The van der Waals surface area contributed by atoms with Gasteiger partial charge in [0.2, 0.25) is 0 Å². The summed E-state index contributed by atoms with van der Waals surface area (Å²) >= 11 is 4.62. The summed E-state index contributed by atoms with van der Waals surface area (Å²) in [7, 11) is 0. The largest absolute Gasteiger partial charge is 0.480 e. The molecule has 0 bridgehead atoms. The number of benzene rings is 2. The van der Waals surface area contributed by atoms with E-state index < -0.39 is 18.1 Å². The molecule has 2 aromatic carbocycles. The van der Waals surface area contributed by atoms with Crippen molar-refractivity contribution < 1.29 is 19.4 Å². The molecule has 1 aromatic heterocycles. The smallest absolute Gasteiger partial charge is 0.407 e. The number of fused-ring (bicyclic) bond motifs is 3. The Kier molecular flexibility index (Phi) is 5.64. The third-order valence-corrected chi connectivity index (χ3v) is 6.34. The van der Waals surface area contributed by atoms with Gasteiger partial charge in [0.15, 0.2) is 0 Å². The number of halogens is 1. The van der Waals surface area contributed by atoms with Crippen molar-refractivity contribution in [1.29, 1.82) is 0 Å². The van der Waals surface area contributed by atoms with E-state index in [2.05, 4.69) is 38.4 Å². The fourth-order valence-electron chi connectivity index (χ4n) is 3.54. The lowest BCUT2D eigenvalue weighted by atomic mass is 9.98. The number of thiazole rings is 1. The molecule has 1 atom stereocenters. The van der Waals surface area contributed by atoms with Crippen molar-refractivity contribution in [2.75, 3.05) is 6.61 Å². The Morgan fingerprint density at radius 3 is 2.31 bits per heavy atom. The number of aromatic nitrogens is 1. The third kappa shape index (κ3) is 4.18. The highest BCUT2D eigenvalue weighted by molar-refractivity contribution is 9.11. The minimum absolute atomic E-state index is 0.0775. The molecule has 1 unspecified atom stereocenters. The topological polar surface area (TPSA) is 88.5 Å². The van der Waals surface area contributed by atoms with Crippen molar-refractivity contribution in [3.63, 3.8) is 0 Å². The predicted octanol–water partition coefficient (Wildman–Crippen LogP) is 4.44. The summed E-state index contributed by atoms with van der Waals surface area (Å²) in [4.78, 5) is 28.0. The maximum atomic E-state index is 12.3. The number of carbonyl (C=O) groups excluding carboxylic acids is 1. The summed E-state index contributed by atoms with van der Waals surface area (Å²) in [6, 6.07) is 15.0. The first-order valence-electron chi connectivity index (χ1n) is 8.97. The number of ether oxygens (including phenoxy) is 1. The lowest BCUT2D eigenvalue weighted by Crippen LogP contribution is -2.42. The second kappa shape index (κ2) is 8.34. The Morgan fingerprint density at radius 1 is 1.14 bits per heavy atom. The van der Waals surface area contributed by atoms with Crippen LogP contribution in [0.25, 0.3) is 11.1 Å². The van der Waals surface area contributed by atoms with Crippen LogP contribution in [-0.4, -0.2) is 34.8 Å². The average molecular weight is 473 g/mol. The monoisotopic (exact) mass is 472 g/mol. The van der Waals surface area contributed by atoms with Gasteiger partial charge in [-0.2, -0.15) is 0 Å². The van der Waals surface area contributed by atoms with Gasteiger partial charge in [0.1, 0.15) is 12.6 Å². The molecule has 8 heteroatoms. The van der Waals surface area contributed by atoms with E-state index in [1.165, 1.54) is 11.3 Å². The number of hydrogen-bond acceptors (Lipinski definition) is 5. The molecular weight excluding hydrogens is 456 g/mol. The molecule has 0 aliphatic heterocycles. The van der Waals surface area contributed by atoms with E-state index in [0.29, 0.717) is 5.01 Å². The van der Waals surface area contributed by atoms with Crippen molar-refractivity contribution in [3.05, 3.63) is 74.6 Å². The zero-order valence-electron chi connectivity index (χ0n) is 15.2. The summed E-state index contributed by atoms with van der Waals surface area (Å²) in [5.74, 6) is -1.21. The molecule has 1 heterocycles. The summed E-state index contributed by atoms with van der Waals surface area (Å²) < 4.78 is 6.23. The maximum Gasteiger partial charge on any atom is 0.407 e. The van der Waals surface area contributed by atoms with Gasteiger partial charge in [-0.15, -0.1) is 11.3 Å². The molecule has 0 radical (unpaired) electrons. The molecule has 1 aliphatic rings. The van der Waals surface area contributed by atoms with Gasteiger partial charge in [-0.25, -0.2) is 14.6 Å². The standard InChI is InChI=1S/C21H17BrN2O4S/c22-18-10-23-19(29-18)9-17(20(25)26)24-21(27)28-11-16-14-7-3-1-5-12(14)13-6-2-4-8-15(13)16/h1-8,10,16-17H,9,11H2,(H,24,27)(H,25,26). The number of carbonyl (C=O) groups is 2. The number of carboxylic acids is 1. The first kappa shape index (κ1) is 19.6. The molecule has 148 valence electrons. The highest BCUT2D eigenvalue weighted by Gasteiger charge is 2.30. The summed E-state index contributed by atoms with van der Waals surface area (Å²) in [5.41, 5.74) is 4.47. The van der Waals surface area contributed by atoms with Gasteiger partial charge in [-0.05, 0) is 38.2 Å². The number of amides is 1. The van der Waals surface area contributed by atoms with Crippen LogP contribution in [0.5, 0.6) is 0 Å². The first-order chi connectivity index (χ1) is 14.0. The number of nitrogens with one attached hydrogen (secondary N) is 1. The van der Waals surface area contributed by atoms with E-state index in [1.54, 1.807) is 6.20 Å². The van der Waals surface area contributed by atoms with Gasteiger partial charge < -0.3 is 15.2 Å². The zero-order valence-corrected chi connectivity index (χ0v) is 17.6. The lowest BCUT2D eigenvalue weighted by Gasteiger charge is -2.17. The molecule has 3 aromatic rings. The Balaban J connectivity index is 1.43. The molecule has 0 saturated heterocycles. The Hall–Kier alpha value is -2.71. The zero-order chi connectivity index (χ0) is 20.4. The molecule has 0 saturated carbocycles. The fourth-order valence-corrected chi connectivity index (χ4v) is 4.89. The van der Waals surface area contributed by atoms with Crippen LogP contribution >= 0.6 is 27.3 Å². The van der Waals surface area contributed by atoms with Crippen LogP contribution in [0.3, 0.4) is 0 Å². The third-order valence-electron chi connectivity index (χ3n) is 4.84. The maximum absolute atomic E-state index is 12.3. The number of carboxylic acid groups (broad SMARTS) is 1. The fraction of sp³-hybridized carbons (Fsp3) is 0.190. The average Bonchev–Trinajstić information content (AvgIpc) is 3.27. The molecule has 4 rings (SSSR count). The minimum Gasteiger partial charge on any atom is -0.480 e. The van der Waals surface area contributed by atoms with E-state index in [0.717, 1.165) is 26.0 Å². The van der Waals surface area contributed by atoms with Crippen LogP contribution in [-0.2, 0) is 16.0 Å². The van der Waals surface area contributed by atoms with Crippen molar-refractivity contribution in [1.82, 2.24) is 10.3 Å². The Bertz CT molecular complexity index is 1020. The van der Waals surface area contributed by atoms with Gasteiger partial charge in [0.25, 0.3) is 0 Å². The number of alkyl carbamates (subject to hydrolysis) is 1. The van der Waals surface area contributed by atoms with Crippen molar-refractivity contribution in [3.8, 4) is 11.1 Å². The minimum atomic E-state index is -1.13. The van der Waals surface area contributed by atoms with Gasteiger partial charge in [0, 0.05) is 12.3 Å². The molecular formula is C21H17BrN2O4S. The van der Waals surface area contributed by atoms with Gasteiger partial charge in [-0.3, -0.25) is 0 Å². The SMILES string of the molecule is O=C(NC(Cc1ncc(Br)s1)C(=O)O)OCC1c2ccccc2-c2ccccc21. The second-order valence-corrected chi connectivity index (χ2v) is 9.12. The molecule has 2 N–H and O–H groups in total. The van der Waals surface area contributed by atoms with E-state index >= 15 is 0 Å². The second-order valence-electron chi connectivity index (χ2n) is 6.62. The van der Waals surface area contributed by atoms with E-state index in [-0.39, 0.29) is 18.9 Å². The van der Waals surface area contributed by atoms with Crippen molar-refractivity contribution in [2.24, 2.45) is 0 Å².